The van der Waals surface area contributed by atoms with Gasteiger partial charge in [-0.25, -0.2) is 4.98 Å². The number of non-ortho nitro benzene ring substituents is 1. The van der Waals surface area contributed by atoms with Crippen LogP contribution in [0.3, 0.4) is 0 Å². The Morgan fingerprint density at radius 2 is 1.83 bits per heavy atom. The molecule has 12 heteroatoms. The van der Waals surface area contributed by atoms with Crippen molar-refractivity contribution in [1.29, 1.82) is 0 Å². The molecule has 0 aliphatic carbocycles. The molecule has 2 amide bonds. The van der Waals surface area contributed by atoms with Crippen molar-refractivity contribution in [3.05, 3.63) is 106 Å². The van der Waals surface area contributed by atoms with Crippen LogP contribution in [0.15, 0.2) is 84.0 Å². The average molecular weight is 650 g/mol. The van der Waals surface area contributed by atoms with E-state index in [2.05, 4.69) is 52.0 Å². The molecule has 0 spiro atoms. The van der Waals surface area contributed by atoms with Gasteiger partial charge in [0.05, 0.1) is 10.4 Å². The molecule has 1 fully saturated rings. The van der Waals surface area contributed by atoms with E-state index in [-0.39, 0.29) is 23.5 Å². The zero-order chi connectivity index (χ0) is 32.9. The van der Waals surface area contributed by atoms with Crippen LogP contribution in [0.25, 0.3) is 28.1 Å². The number of aromatic nitrogens is 4. The zero-order valence-electron chi connectivity index (χ0n) is 26.3. The van der Waals surface area contributed by atoms with Crippen molar-refractivity contribution in [2.24, 2.45) is 0 Å². The van der Waals surface area contributed by atoms with E-state index in [0.29, 0.717) is 55.5 Å². The molecular weight excluding hydrogens is 614 g/mol. The number of aryl methyl sites for hydroxylation is 1. The number of carbonyl (C=O) groups excluding carboxylic acids is 2. The maximum Gasteiger partial charge on any atom is 0.269 e. The van der Waals surface area contributed by atoms with Crippen LogP contribution in [-0.2, 0) is 16.1 Å². The molecule has 1 atom stereocenters. The molecule has 1 unspecified atom stereocenters. The largest absolute Gasteiger partial charge is 0.339 e. The van der Waals surface area contributed by atoms with Crippen LogP contribution in [0.4, 0.5) is 5.69 Å². The van der Waals surface area contributed by atoms with Crippen molar-refractivity contribution in [3.8, 4) is 0 Å². The Bertz CT molecular complexity index is 1960. The molecular formula is C35H35N7O4S. The number of nitro groups is 1. The van der Waals surface area contributed by atoms with E-state index in [0.717, 1.165) is 27.6 Å². The standard InChI is InChI=1S/C35H35N7O4S/c1-24-10-16-30-29(21-24)33-34(41(30)23-27-7-4-3-5-8-27)36-35(38-37-33)47-20-6-9-31(43)39-18-19-40(25(2)22-39)32(44)17-13-26-11-14-28(15-12-26)42(45)46/h3-5,7-8,10-17,21,25H,6,9,18-20,22-23H2,1-2H3/b17-13+. The Labute approximate surface area is 276 Å². The summed E-state index contributed by atoms with van der Waals surface area (Å²) in [5.41, 5.74) is 5.69. The molecule has 0 saturated carbocycles. The van der Waals surface area contributed by atoms with Gasteiger partial charge in [0.25, 0.3) is 5.69 Å². The highest BCUT2D eigenvalue weighted by atomic mass is 32.2. The maximum atomic E-state index is 13.0. The summed E-state index contributed by atoms with van der Waals surface area (Å²) in [5.74, 6) is 0.597. The van der Waals surface area contributed by atoms with Gasteiger partial charge < -0.3 is 14.4 Å². The number of nitrogens with zero attached hydrogens (tertiary/aromatic N) is 7. The molecule has 1 saturated heterocycles. The van der Waals surface area contributed by atoms with Crippen molar-refractivity contribution in [3.63, 3.8) is 0 Å². The number of carbonyl (C=O) groups is 2. The molecule has 3 heterocycles. The Morgan fingerprint density at radius 1 is 1.04 bits per heavy atom. The van der Waals surface area contributed by atoms with Gasteiger partial charge in [0.1, 0.15) is 5.52 Å². The molecule has 0 radical (unpaired) electrons. The van der Waals surface area contributed by atoms with E-state index in [4.69, 9.17) is 4.98 Å². The van der Waals surface area contributed by atoms with Crippen LogP contribution in [0.1, 0.15) is 36.5 Å². The second-order valence-corrected chi connectivity index (χ2v) is 12.8. The monoisotopic (exact) mass is 649 g/mol. The molecule has 47 heavy (non-hydrogen) atoms. The molecule has 0 bridgehead atoms. The third kappa shape index (κ3) is 7.33. The lowest BCUT2D eigenvalue weighted by Crippen LogP contribution is -2.55. The zero-order valence-corrected chi connectivity index (χ0v) is 27.1. The van der Waals surface area contributed by atoms with Gasteiger partial charge in [0.15, 0.2) is 5.65 Å². The van der Waals surface area contributed by atoms with Crippen LogP contribution in [0, 0.1) is 17.0 Å². The highest BCUT2D eigenvalue weighted by Crippen LogP contribution is 2.29. The van der Waals surface area contributed by atoms with Gasteiger partial charge >= 0.3 is 0 Å². The summed E-state index contributed by atoms with van der Waals surface area (Å²) in [6.45, 7) is 6.07. The van der Waals surface area contributed by atoms with Gasteiger partial charge in [0.2, 0.25) is 17.0 Å². The molecule has 3 aromatic carbocycles. The first-order chi connectivity index (χ1) is 22.8. The summed E-state index contributed by atoms with van der Waals surface area (Å²) in [6, 6.07) is 22.5. The van der Waals surface area contributed by atoms with E-state index in [1.807, 2.05) is 30.0 Å². The van der Waals surface area contributed by atoms with E-state index < -0.39 is 4.92 Å². The Kier molecular flexibility index (Phi) is 9.58. The molecule has 6 rings (SSSR count). The van der Waals surface area contributed by atoms with Crippen molar-refractivity contribution in [2.45, 2.75) is 44.4 Å². The quantitative estimate of drug-likeness (QED) is 0.0603. The van der Waals surface area contributed by atoms with E-state index in [1.165, 1.54) is 35.5 Å². The molecule has 1 aliphatic rings. The minimum atomic E-state index is -0.458. The first-order valence-corrected chi connectivity index (χ1v) is 16.6. The Balaban J connectivity index is 1.02. The lowest BCUT2D eigenvalue weighted by atomic mass is 10.1. The fourth-order valence-electron chi connectivity index (χ4n) is 5.87. The normalized spacial score (nSPS) is 15.1. The van der Waals surface area contributed by atoms with Crippen LogP contribution in [0.2, 0.25) is 0 Å². The van der Waals surface area contributed by atoms with E-state index >= 15 is 0 Å². The summed E-state index contributed by atoms with van der Waals surface area (Å²) in [7, 11) is 0. The van der Waals surface area contributed by atoms with Crippen LogP contribution in [0.5, 0.6) is 0 Å². The van der Waals surface area contributed by atoms with Gasteiger partial charge in [-0.2, -0.15) is 0 Å². The summed E-state index contributed by atoms with van der Waals surface area (Å²) in [6.07, 6.45) is 4.19. The fourth-order valence-corrected chi connectivity index (χ4v) is 6.59. The minimum Gasteiger partial charge on any atom is -0.339 e. The maximum absolute atomic E-state index is 13.0. The predicted molar refractivity (Wildman–Crippen MR) is 183 cm³/mol. The van der Waals surface area contributed by atoms with E-state index in [9.17, 15) is 19.7 Å². The van der Waals surface area contributed by atoms with Crippen molar-refractivity contribution >= 4 is 57.4 Å². The second-order valence-electron chi connectivity index (χ2n) is 11.7. The van der Waals surface area contributed by atoms with Crippen LogP contribution in [-0.4, -0.2) is 77.7 Å². The van der Waals surface area contributed by atoms with E-state index in [1.54, 1.807) is 23.1 Å². The van der Waals surface area contributed by atoms with Crippen molar-refractivity contribution < 1.29 is 14.5 Å². The summed E-state index contributed by atoms with van der Waals surface area (Å²) < 4.78 is 2.19. The molecule has 0 N–H and O–H groups in total. The molecule has 1 aliphatic heterocycles. The average Bonchev–Trinajstić information content (AvgIpc) is 3.37. The molecule has 2 aromatic heterocycles. The number of benzene rings is 3. The number of hydrogen-bond donors (Lipinski definition) is 0. The van der Waals surface area contributed by atoms with Crippen LogP contribution < -0.4 is 0 Å². The fraction of sp³-hybridized carbons (Fsp3) is 0.286. The Morgan fingerprint density at radius 3 is 2.57 bits per heavy atom. The first-order valence-electron chi connectivity index (χ1n) is 15.6. The van der Waals surface area contributed by atoms with Gasteiger partial charge in [-0.3, -0.25) is 19.7 Å². The number of hydrogen-bond acceptors (Lipinski definition) is 8. The molecule has 11 nitrogen and oxygen atoms in total. The summed E-state index contributed by atoms with van der Waals surface area (Å²) in [4.78, 5) is 44.8. The highest BCUT2D eigenvalue weighted by molar-refractivity contribution is 7.99. The number of thioether (sulfide) groups is 1. The molecule has 5 aromatic rings. The smallest absolute Gasteiger partial charge is 0.269 e. The lowest BCUT2D eigenvalue weighted by Gasteiger charge is -2.39. The number of amides is 2. The second kappa shape index (κ2) is 14.1. The topological polar surface area (TPSA) is 127 Å². The SMILES string of the molecule is Cc1ccc2c(c1)c1nnc(SCCCC(=O)N3CCN(C(=O)/C=C/c4ccc([N+](=O)[O-])cc4)C(C)C3)nc1n2Cc1ccccc1. The van der Waals surface area contributed by atoms with Crippen LogP contribution >= 0.6 is 11.8 Å². The van der Waals surface area contributed by atoms with Crippen molar-refractivity contribution in [1.82, 2.24) is 29.5 Å². The number of nitro benzene ring substituents is 1. The van der Waals surface area contributed by atoms with Gasteiger partial charge in [0, 0.05) is 68.0 Å². The van der Waals surface area contributed by atoms with Gasteiger partial charge in [-0.15, -0.1) is 10.2 Å². The third-order valence-corrected chi connectivity index (χ3v) is 9.26. The van der Waals surface area contributed by atoms with Gasteiger partial charge in [-0.1, -0.05) is 53.7 Å². The number of rotatable bonds is 10. The summed E-state index contributed by atoms with van der Waals surface area (Å²) in [5, 5.41) is 21.5. The predicted octanol–water partition coefficient (Wildman–Crippen LogP) is 5.89. The first kappa shape index (κ1) is 31.9. The minimum absolute atomic E-state index is 0.00214. The van der Waals surface area contributed by atoms with Crippen molar-refractivity contribution in [2.75, 3.05) is 25.4 Å². The number of fused-ring (bicyclic) bond motifs is 3. The summed E-state index contributed by atoms with van der Waals surface area (Å²) >= 11 is 1.50. The highest BCUT2D eigenvalue weighted by Gasteiger charge is 2.28. The lowest BCUT2D eigenvalue weighted by molar-refractivity contribution is -0.384. The Hall–Kier alpha value is -5.10. The van der Waals surface area contributed by atoms with Gasteiger partial charge in [-0.05, 0) is 61.7 Å². The molecule has 240 valence electrons. The number of piperazine rings is 1. The third-order valence-electron chi connectivity index (χ3n) is 8.34.